The standard InChI is InChI=1S/C22H20F3N3O2/c1-14-5-2-3-7-17(14)28-11-9-16-20(28)15-6-4-8-18(30-13-22(23,24)25)19(15)27-21(16)26-10-12-29/h2-9,11,29H,10,12-13H2,1H3,(H,26,27). The molecule has 0 aliphatic carbocycles. The van der Waals surface area contributed by atoms with Crippen LogP contribution in [0.1, 0.15) is 5.56 Å². The minimum atomic E-state index is -4.45. The molecule has 30 heavy (non-hydrogen) atoms. The van der Waals surface area contributed by atoms with E-state index in [2.05, 4.69) is 10.3 Å². The van der Waals surface area contributed by atoms with Crippen LogP contribution in [0.3, 0.4) is 0 Å². The van der Waals surface area contributed by atoms with Gasteiger partial charge in [0.05, 0.1) is 12.1 Å². The number of hydrogen-bond acceptors (Lipinski definition) is 4. The molecule has 4 aromatic rings. The number of nitrogens with zero attached hydrogens (tertiary/aromatic N) is 2. The number of benzene rings is 2. The first-order valence-corrected chi connectivity index (χ1v) is 9.43. The van der Waals surface area contributed by atoms with Gasteiger partial charge in [-0.3, -0.25) is 0 Å². The quantitative estimate of drug-likeness (QED) is 0.474. The van der Waals surface area contributed by atoms with Crippen molar-refractivity contribution < 1.29 is 23.0 Å². The van der Waals surface area contributed by atoms with Gasteiger partial charge in [0.25, 0.3) is 0 Å². The Balaban J connectivity index is 1.98. The molecule has 2 heterocycles. The minimum Gasteiger partial charge on any atom is -0.482 e. The fourth-order valence-corrected chi connectivity index (χ4v) is 3.52. The molecule has 0 saturated heterocycles. The van der Waals surface area contributed by atoms with E-state index >= 15 is 0 Å². The summed E-state index contributed by atoms with van der Waals surface area (Å²) in [5.74, 6) is 0.526. The number of hydrogen-bond donors (Lipinski definition) is 2. The zero-order valence-corrected chi connectivity index (χ0v) is 16.2. The van der Waals surface area contributed by atoms with Crippen molar-refractivity contribution in [3.8, 4) is 11.4 Å². The van der Waals surface area contributed by atoms with Gasteiger partial charge in [0.1, 0.15) is 17.1 Å². The molecule has 0 unspecified atom stereocenters. The van der Waals surface area contributed by atoms with Gasteiger partial charge < -0.3 is 19.7 Å². The molecule has 2 aromatic carbocycles. The summed E-state index contributed by atoms with van der Waals surface area (Å²) < 4.78 is 45.2. The number of ether oxygens (including phenoxy) is 1. The molecule has 0 bridgehead atoms. The number of fused-ring (bicyclic) bond motifs is 3. The summed E-state index contributed by atoms with van der Waals surface area (Å²) >= 11 is 0. The third-order valence-corrected chi connectivity index (χ3v) is 4.79. The van der Waals surface area contributed by atoms with Crippen molar-refractivity contribution in [2.24, 2.45) is 0 Å². The third kappa shape index (κ3) is 3.78. The highest BCUT2D eigenvalue weighted by Gasteiger charge is 2.29. The van der Waals surface area contributed by atoms with E-state index in [9.17, 15) is 18.3 Å². The number of alkyl halides is 3. The summed E-state index contributed by atoms with van der Waals surface area (Å²) in [6.45, 7) is 0.748. The Morgan fingerprint density at radius 3 is 2.60 bits per heavy atom. The lowest BCUT2D eigenvalue weighted by Gasteiger charge is -2.15. The van der Waals surface area contributed by atoms with Crippen LogP contribution in [0.5, 0.6) is 5.75 Å². The van der Waals surface area contributed by atoms with Crippen molar-refractivity contribution in [3.05, 3.63) is 60.3 Å². The number of anilines is 1. The van der Waals surface area contributed by atoms with Crippen LogP contribution in [0.2, 0.25) is 0 Å². The van der Waals surface area contributed by atoms with Gasteiger partial charge in [-0.2, -0.15) is 13.2 Å². The lowest BCUT2D eigenvalue weighted by atomic mass is 10.1. The van der Waals surface area contributed by atoms with E-state index < -0.39 is 12.8 Å². The normalized spacial score (nSPS) is 11.9. The maximum atomic E-state index is 12.7. The second kappa shape index (κ2) is 7.87. The number of rotatable bonds is 6. The SMILES string of the molecule is Cc1ccccc1-n1ccc2c(NCCO)nc3c(OCC(F)(F)F)cccc3c21. The van der Waals surface area contributed by atoms with Gasteiger partial charge in [-0.25, -0.2) is 4.98 Å². The maximum absolute atomic E-state index is 12.7. The van der Waals surface area contributed by atoms with E-state index in [1.807, 2.05) is 54.1 Å². The topological polar surface area (TPSA) is 59.3 Å². The molecule has 2 aromatic heterocycles. The average Bonchev–Trinajstić information content (AvgIpc) is 3.15. The molecule has 0 aliphatic heterocycles. The fraction of sp³-hybridized carbons (Fsp3) is 0.227. The van der Waals surface area contributed by atoms with Crippen LogP contribution in [0.4, 0.5) is 19.0 Å². The van der Waals surface area contributed by atoms with E-state index in [4.69, 9.17) is 4.74 Å². The van der Waals surface area contributed by atoms with Crippen molar-refractivity contribution in [2.45, 2.75) is 13.1 Å². The zero-order chi connectivity index (χ0) is 21.3. The Morgan fingerprint density at radius 1 is 1.07 bits per heavy atom. The first kappa shape index (κ1) is 20.0. The molecule has 0 fully saturated rings. The van der Waals surface area contributed by atoms with Gasteiger partial charge in [-0.1, -0.05) is 30.3 Å². The number of nitrogens with one attached hydrogen (secondary N) is 1. The summed E-state index contributed by atoms with van der Waals surface area (Å²) in [6.07, 6.45) is -2.55. The molecular weight excluding hydrogens is 395 g/mol. The van der Waals surface area contributed by atoms with Crippen LogP contribution in [0.15, 0.2) is 54.7 Å². The monoisotopic (exact) mass is 415 g/mol. The van der Waals surface area contributed by atoms with Crippen molar-refractivity contribution in [1.29, 1.82) is 0 Å². The van der Waals surface area contributed by atoms with Gasteiger partial charge in [0.2, 0.25) is 0 Å². The van der Waals surface area contributed by atoms with Crippen LogP contribution in [0.25, 0.3) is 27.5 Å². The van der Waals surface area contributed by atoms with Crippen LogP contribution in [0, 0.1) is 6.92 Å². The molecule has 0 saturated carbocycles. The second-order valence-electron chi connectivity index (χ2n) is 6.90. The lowest BCUT2D eigenvalue weighted by Crippen LogP contribution is -2.19. The summed E-state index contributed by atoms with van der Waals surface area (Å²) in [4.78, 5) is 4.54. The molecule has 0 spiro atoms. The first-order valence-electron chi connectivity index (χ1n) is 9.43. The zero-order valence-electron chi connectivity index (χ0n) is 16.2. The molecular formula is C22H20F3N3O2. The number of aromatic nitrogens is 2. The fourth-order valence-electron chi connectivity index (χ4n) is 3.52. The third-order valence-electron chi connectivity index (χ3n) is 4.79. The highest BCUT2D eigenvalue weighted by atomic mass is 19.4. The Hall–Kier alpha value is -3.26. The van der Waals surface area contributed by atoms with E-state index in [1.165, 1.54) is 6.07 Å². The van der Waals surface area contributed by atoms with E-state index in [-0.39, 0.29) is 18.9 Å². The number of aliphatic hydroxyl groups is 1. The van der Waals surface area contributed by atoms with Crippen molar-refractivity contribution in [3.63, 3.8) is 0 Å². The van der Waals surface area contributed by atoms with Gasteiger partial charge >= 0.3 is 6.18 Å². The van der Waals surface area contributed by atoms with Gasteiger partial charge in [-0.15, -0.1) is 0 Å². The van der Waals surface area contributed by atoms with Gasteiger partial charge in [0, 0.05) is 29.2 Å². The highest BCUT2D eigenvalue weighted by molar-refractivity contribution is 6.10. The molecule has 0 amide bonds. The number of halogens is 3. The van der Waals surface area contributed by atoms with Gasteiger partial charge in [-0.05, 0) is 30.7 Å². The van der Waals surface area contributed by atoms with E-state index in [0.717, 1.165) is 22.2 Å². The molecule has 8 heteroatoms. The highest BCUT2D eigenvalue weighted by Crippen LogP contribution is 2.36. The summed E-state index contributed by atoms with van der Waals surface area (Å²) in [5.41, 5.74) is 3.12. The average molecular weight is 415 g/mol. The van der Waals surface area contributed by atoms with Gasteiger partial charge in [0.15, 0.2) is 6.61 Å². The Labute approximate surface area is 170 Å². The van der Waals surface area contributed by atoms with Crippen LogP contribution in [-0.2, 0) is 0 Å². The summed E-state index contributed by atoms with van der Waals surface area (Å²) in [5, 5.41) is 13.7. The lowest BCUT2D eigenvalue weighted by molar-refractivity contribution is -0.153. The molecule has 0 radical (unpaired) electrons. The Kier molecular flexibility index (Phi) is 5.26. The molecule has 156 valence electrons. The van der Waals surface area contributed by atoms with E-state index in [0.29, 0.717) is 16.7 Å². The van der Waals surface area contributed by atoms with Crippen molar-refractivity contribution in [1.82, 2.24) is 9.55 Å². The second-order valence-corrected chi connectivity index (χ2v) is 6.90. The number of aliphatic hydroxyl groups excluding tert-OH is 1. The Bertz CT molecular complexity index is 1200. The summed E-state index contributed by atoms with van der Waals surface area (Å²) in [7, 11) is 0. The molecule has 4 rings (SSSR count). The van der Waals surface area contributed by atoms with Crippen molar-refractivity contribution >= 4 is 27.6 Å². The van der Waals surface area contributed by atoms with Crippen LogP contribution < -0.4 is 10.1 Å². The van der Waals surface area contributed by atoms with Crippen LogP contribution in [-0.4, -0.2) is 40.6 Å². The molecule has 0 aliphatic rings. The number of para-hydroxylation sites is 2. The number of pyridine rings is 1. The maximum Gasteiger partial charge on any atom is 0.422 e. The van der Waals surface area contributed by atoms with Crippen LogP contribution >= 0.6 is 0 Å². The summed E-state index contributed by atoms with van der Waals surface area (Å²) in [6, 6.07) is 14.7. The smallest absolute Gasteiger partial charge is 0.422 e. The number of aryl methyl sites for hydroxylation is 1. The minimum absolute atomic E-state index is 0.0521. The molecule has 0 atom stereocenters. The van der Waals surface area contributed by atoms with Crippen molar-refractivity contribution in [2.75, 3.05) is 25.1 Å². The predicted molar refractivity (Wildman–Crippen MR) is 110 cm³/mol. The first-order chi connectivity index (χ1) is 14.4. The predicted octanol–water partition coefficient (Wildman–Crippen LogP) is 4.83. The molecule has 2 N–H and O–H groups in total. The largest absolute Gasteiger partial charge is 0.482 e. The molecule has 5 nitrogen and oxygen atoms in total. The van der Waals surface area contributed by atoms with E-state index in [1.54, 1.807) is 6.07 Å². The Morgan fingerprint density at radius 2 is 1.87 bits per heavy atom.